The van der Waals surface area contributed by atoms with E-state index in [-0.39, 0.29) is 11.6 Å². The number of carbonyl (C=O) groups is 2. The highest BCUT2D eigenvalue weighted by Crippen LogP contribution is 2.18. The van der Waals surface area contributed by atoms with E-state index in [9.17, 15) is 9.59 Å². The fourth-order valence-corrected chi connectivity index (χ4v) is 3.73. The van der Waals surface area contributed by atoms with E-state index in [2.05, 4.69) is 4.98 Å². The molecule has 3 heterocycles. The molecule has 3 aromatic rings. The molecule has 0 radical (unpaired) electrons. The summed E-state index contributed by atoms with van der Waals surface area (Å²) in [6.07, 6.45) is 6.62. The SMILES string of the molecule is Cc1nc(C)c(C(=O)/C=C/c2cccs2)cc1C(=O)/C=C/c1cccs1. The van der Waals surface area contributed by atoms with E-state index in [1.165, 1.54) is 12.2 Å². The van der Waals surface area contributed by atoms with Crippen LogP contribution in [0.15, 0.2) is 53.2 Å². The molecule has 0 aromatic carbocycles. The van der Waals surface area contributed by atoms with E-state index in [0.29, 0.717) is 22.5 Å². The Hall–Kier alpha value is -2.63. The lowest BCUT2D eigenvalue weighted by atomic mass is 10.0. The first-order valence-electron chi connectivity index (χ1n) is 8.04. The molecule has 0 bridgehead atoms. The average molecular weight is 380 g/mol. The van der Waals surface area contributed by atoms with Gasteiger partial charge in [0.1, 0.15) is 0 Å². The minimum absolute atomic E-state index is 0.153. The Balaban J connectivity index is 1.86. The Labute approximate surface area is 160 Å². The second kappa shape index (κ2) is 8.17. The van der Waals surface area contributed by atoms with Gasteiger partial charge in [-0.15, -0.1) is 22.7 Å². The van der Waals surface area contributed by atoms with Gasteiger partial charge in [0.15, 0.2) is 11.6 Å². The van der Waals surface area contributed by atoms with Crippen LogP contribution in [-0.4, -0.2) is 16.6 Å². The standard InChI is InChI=1S/C21H17NO2S2/c1-14-18(20(23)9-7-16-5-3-11-25-16)13-19(15(2)22-14)21(24)10-8-17-6-4-12-26-17/h3-13H,1-2H3/b9-7+,10-8+. The Kier molecular flexibility index (Phi) is 5.71. The lowest BCUT2D eigenvalue weighted by molar-refractivity contribution is 0.104. The molecule has 0 unspecified atom stereocenters. The van der Waals surface area contributed by atoms with Crippen molar-refractivity contribution in [1.82, 2.24) is 4.98 Å². The highest BCUT2D eigenvalue weighted by molar-refractivity contribution is 7.11. The van der Waals surface area contributed by atoms with Crippen LogP contribution in [-0.2, 0) is 0 Å². The van der Waals surface area contributed by atoms with Crippen molar-refractivity contribution in [3.63, 3.8) is 0 Å². The van der Waals surface area contributed by atoms with Gasteiger partial charge in [0.25, 0.3) is 0 Å². The fraction of sp³-hybridized carbons (Fsp3) is 0.0952. The summed E-state index contributed by atoms with van der Waals surface area (Å²) in [5.74, 6) is -0.306. The summed E-state index contributed by atoms with van der Waals surface area (Å²) in [6.45, 7) is 3.57. The number of aryl methyl sites for hydroxylation is 2. The van der Waals surface area contributed by atoms with Gasteiger partial charge in [-0.1, -0.05) is 12.1 Å². The lowest BCUT2D eigenvalue weighted by Crippen LogP contribution is -2.08. The molecule has 5 heteroatoms. The maximum absolute atomic E-state index is 12.5. The van der Waals surface area contributed by atoms with Gasteiger partial charge in [-0.3, -0.25) is 14.6 Å². The van der Waals surface area contributed by atoms with E-state index < -0.39 is 0 Å². The Morgan fingerprint density at radius 1 is 0.846 bits per heavy atom. The van der Waals surface area contributed by atoms with Crippen LogP contribution in [0.1, 0.15) is 41.9 Å². The molecule has 3 rings (SSSR count). The summed E-state index contributed by atoms with van der Waals surface area (Å²) in [6, 6.07) is 9.41. The highest BCUT2D eigenvalue weighted by Gasteiger charge is 2.15. The number of aromatic nitrogens is 1. The zero-order chi connectivity index (χ0) is 18.5. The largest absolute Gasteiger partial charge is 0.289 e. The maximum atomic E-state index is 12.5. The van der Waals surface area contributed by atoms with Crippen molar-refractivity contribution >= 4 is 46.4 Å². The molecule has 3 aromatic heterocycles. The molecule has 0 aliphatic rings. The summed E-state index contributed by atoms with van der Waals surface area (Å²) >= 11 is 3.13. The molecular formula is C21H17NO2S2. The lowest BCUT2D eigenvalue weighted by Gasteiger charge is -2.07. The van der Waals surface area contributed by atoms with Gasteiger partial charge in [-0.05, 0) is 67.1 Å². The van der Waals surface area contributed by atoms with Gasteiger partial charge < -0.3 is 0 Å². The predicted molar refractivity (Wildman–Crippen MR) is 109 cm³/mol. The minimum Gasteiger partial charge on any atom is -0.289 e. The molecule has 26 heavy (non-hydrogen) atoms. The zero-order valence-corrected chi connectivity index (χ0v) is 16.1. The van der Waals surface area contributed by atoms with Gasteiger partial charge in [0.2, 0.25) is 0 Å². The molecular weight excluding hydrogens is 362 g/mol. The summed E-state index contributed by atoms with van der Waals surface area (Å²) in [7, 11) is 0. The van der Waals surface area contributed by atoms with Crippen molar-refractivity contribution in [1.29, 1.82) is 0 Å². The normalized spacial score (nSPS) is 11.5. The van der Waals surface area contributed by atoms with E-state index in [0.717, 1.165) is 9.75 Å². The van der Waals surface area contributed by atoms with Gasteiger partial charge in [-0.25, -0.2) is 0 Å². The van der Waals surface area contributed by atoms with Crippen LogP contribution in [0.2, 0.25) is 0 Å². The van der Waals surface area contributed by atoms with Crippen molar-refractivity contribution in [2.24, 2.45) is 0 Å². The molecule has 0 saturated carbocycles. The van der Waals surface area contributed by atoms with Gasteiger partial charge in [0, 0.05) is 32.3 Å². The van der Waals surface area contributed by atoms with E-state index in [1.54, 1.807) is 54.7 Å². The predicted octanol–water partition coefficient (Wildman–Crippen LogP) is 5.61. The molecule has 0 aliphatic carbocycles. The molecule has 130 valence electrons. The van der Waals surface area contributed by atoms with Gasteiger partial charge >= 0.3 is 0 Å². The number of allylic oxidation sites excluding steroid dienone is 2. The maximum Gasteiger partial charge on any atom is 0.187 e. The second-order valence-corrected chi connectivity index (χ2v) is 7.64. The molecule has 0 amide bonds. The van der Waals surface area contributed by atoms with Crippen molar-refractivity contribution in [2.75, 3.05) is 0 Å². The third-order valence-electron chi connectivity index (χ3n) is 3.82. The number of carbonyl (C=O) groups excluding carboxylic acids is 2. The first-order valence-corrected chi connectivity index (χ1v) is 9.80. The van der Waals surface area contributed by atoms with E-state index in [1.807, 2.05) is 35.0 Å². The number of ketones is 2. The van der Waals surface area contributed by atoms with Crippen LogP contribution in [0.5, 0.6) is 0 Å². The monoisotopic (exact) mass is 379 g/mol. The first-order chi connectivity index (χ1) is 12.5. The van der Waals surface area contributed by atoms with Crippen molar-refractivity contribution in [2.45, 2.75) is 13.8 Å². The summed E-state index contributed by atoms with van der Waals surface area (Å²) < 4.78 is 0. The quantitative estimate of drug-likeness (QED) is 0.413. The number of pyridine rings is 1. The zero-order valence-electron chi connectivity index (χ0n) is 14.4. The number of hydrogen-bond donors (Lipinski definition) is 0. The van der Waals surface area contributed by atoms with Gasteiger partial charge in [0.05, 0.1) is 0 Å². The summed E-state index contributed by atoms with van der Waals surface area (Å²) in [5, 5.41) is 3.92. The Morgan fingerprint density at radius 2 is 1.31 bits per heavy atom. The van der Waals surface area contributed by atoms with E-state index in [4.69, 9.17) is 0 Å². The van der Waals surface area contributed by atoms with Crippen LogP contribution >= 0.6 is 22.7 Å². The van der Waals surface area contributed by atoms with Gasteiger partial charge in [-0.2, -0.15) is 0 Å². The topological polar surface area (TPSA) is 47.0 Å². The number of rotatable bonds is 6. The summed E-state index contributed by atoms with van der Waals surface area (Å²) in [4.78, 5) is 31.5. The van der Waals surface area contributed by atoms with Crippen molar-refractivity contribution < 1.29 is 9.59 Å². The van der Waals surface area contributed by atoms with Crippen LogP contribution in [0.3, 0.4) is 0 Å². The third-order valence-corrected chi connectivity index (χ3v) is 5.49. The Bertz CT molecular complexity index is 904. The number of nitrogens with zero attached hydrogens (tertiary/aromatic N) is 1. The minimum atomic E-state index is -0.153. The van der Waals surface area contributed by atoms with E-state index >= 15 is 0 Å². The number of thiophene rings is 2. The van der Waals surface area contributed by atoms with Crippen LogP contribution in [0.4, 0.5) is 0 Å². The summed E-state index contributed by atoms with van der Waals surface area (Å²) in [5.41, 5.74) is 2.16. The smallest absolute Gasteiger partial charge is 0.187 e. The van der Waals surface area contributed by atoms with Crippen LogP contribution in [0.25, 0.3) is 12.2 Å². The van der Waals surface area contributed by atoms with Crippen LogP contribution in [0, 0.1) is 13.8 Å². The van der Waals surface area contributed by atoms with Crippen LogP contribution < -0.4 is 0 Å². The molecule has 0 atom stereocenters. The fourth-order valence-electron chi connectivity index (χ4n) is 2.49. The van der Waals surface area contributed by atoms with Crippen molar-refractivity contribution in [3.05, 3.63) is 85.5 Å². The molecule has 3 nitrogen and oxygen atoms in total. The average Bonchev–Trinajstić information content (AvgIpc) is 3.31. The molecule has 0 fully saturated rings. The molecule has 0 spiro atoms. The van der Waals surface area contributed by atoms with Crippen molar-refractivity contribution in [3.8, 4) is 0 Å². The highest BCUT2D eigenvalue weighted by atomic mass is 32.1. The Morgan fingerprint density at radius 3 is 1.69 bits per heavy atom. The molecule has 0 aliphatic heterocycles. The first kappa shape index (κ1) is 18.2. The number of hydrogen-bond acceptors (Lipinski definition) is 5. The second-order valence-electron chi connectivity index (χ2n) is 5.68. The molecule has 0 saturated heterocycles. The molecule has 0 N–H and O–H groups in total. The third kappa shape index (κ3) is 4.31.